The average Bonchev–Trinajstić information content (AvgIpc) is 2.47. The van der Waals surface area contributed by atoms with Gasteiger partial charge in [-0.1, -0.05) is 0 Å². The monoisotopic (exact) mass is 286 g/mol. The highest BCUT2D eigenvalue weighted by Crippen LogP contribution is 2.22. The molecule has 0 aliphatic rings. The Morgan fingerprint density at radius 1 is 1.29 bits per heavy atom. The fourth-order valence-corrected chi connectivity index (χ4v) is 1.91. The Kier molecular flexibility index (Phi) is 4.80. The van der Waals surface area contributed by atoms with Gasteiger partial charge in [0.25, 0.3) is 0 Å². The van der Waals surface area contributed by atoms with E-state index in [1.807, 2.05) is 13.0 Å². The third-order valence-electron chi connectivity index (χ3n) is 2.73. The van der Waals surface area contributed by atoms with Crippen LogP contribution < -0.4 is 5.32 Å². The summed E-state index contributed by atoms with van der Waals surface area (Å²) in [6, 6.07) is 7.78. The Hall–Kier alpha value is -2.52. The van der Waals surface area contributed by atoms with Gasteiger partial charge in [0.1, 0.15) is 18.2 Å². The highest BCUT2D eigenvalue weighted by molar-refractivity contribution is 5.64. The molecule has 5 nitrogen and oxygen atoms in total. The molecule has 1 heterocycles. The van der Waals surface area contributed by atoms with E-state index in [-0.39, 0.29) is 12.2 Å². The van der Waals surface area contributed by atoms with E-state index in [1.165, 1.54) is 12.1 Å². The molecule has 2 aromatic rings. The van der Waals surface area contributed by atoms with Crippen molar-refractivity contribution in [3.8, 4) is 17.3 Å². The molecule has 1 aromatic heterocycles. The van der Waals surface area contributed by atoms with Crippen molar-refractivity contribution in [3.05, 3.63) is 41.5 Å². The predicted octanol–water partition coefficient (Wildman–Crippen LogP) is 2.73. The van der Waals surface area contributed by atoms with Gasteiger partial charge < -0.3 is 10.1 Å². The fraction of sp³-hybridized carbons (Fsp3) is 0.267. The number of benzene rings is 1. The molecule has 0 saturated carbocycles. The van der Waals surface area contributed by atoms with Gasteiger partial charge in [-0.15, -0.1) is 0 Å². The molecule has 0 atom stereocenters. The summed E-state index contributed by atoms with van der Waals surface area (Å²) in [4.78, 5) is 8.64. The first-order chi connectivity index (χ1) is 10.2. The second kappa shape index (κ2) is 6.77. The van der Waals surface area contributed by atoms with Crippen LogP contribution in [-0.2, 0) is 11.3 Å². The van der Waals surface area contributed by atoms with Gasteiger partial charge in [0, 0.05) is 25.3 Å². The Bertz CT molecular complexity index is 658. The van der Waals surface area contributed by atoms with E-state index in [4.69, 9.17) is 10.00 Å². The molecule has 0 fully saturated rings. The van der Waals surface area contributed by atoms with E-state index in [2.05, 4.69) is 15.3 Å². The normalized spacial score (nSPS) is 10.2. The van der Waals surface area contributed by atoms with Crippen molar-refractivity contribution in [2.75, 3.05) is 19.0 Å². The molecule has 0 amide bonds. The average molecular weight is 286 g/mol. The van der Waals surface area contributed by atoms with Crippen LogP contribution >= 0.6 is 0 Å². The van der Waals surface area contributed by atoms with E-state index in [1.54, 1.807) is 19.2 Å². The minimum Gasteiger partial charge on any atom is -0.377 e. The lowest BCUT2D eigenvalue weighted by Gasteiger charge is -2.09. The summed E-state index contributed by atoms with van der Waals surface area (Å²) in [6.07, 6.45) is 0. The Balaban J connectivity index is 2.51. The van der Waals surface area contributed by atoms with Crippen molar-refractivity contribution in [2.45, 2.75) is 13.5 Å². The van der Waals surface area contributed by atoms with E-state index < -0.39 is 5.82 Å². The number of aromatic nitrogens is 2. The largest absolute Gasteiger partial charge is 0.377 e. The second-order valence-corrected chi connectivity index (χ2v) is 4.36. The molecule has 0 saturated heterocycles. The van der Waals surface area contributed by atoms with Crippen molar-refractivity contribution in [1.29, 1.82) is 5.26 Å². The number of nitriles is 1. The van der Waals surface area contributed by atoms with Gasteiger partial charge >= 0.3 is 0 Å². The zero-order valence-corrected chi connectivity index (χ0v) is 11.9. The zero-order chi connectivity index (χ0) is 15.2. The van der Waals surface area contributed by atoms with Crippen LogP contribution in [0.4, 0.5) is 10.2 Å². The maximum atomic E-state index is 13.6. The van der Waals surface area contributed by atoms with Crippen LogP contribution in [-0.4, -0.2) is 23.6 Å². The molecular formula is C15H15FN4O. The van der Waals surface area contributed by atoms with Crippen LogP contribution in [0.15, 0.2) is 24.3 Å². The van der Waals surface area contributed by atoms with Gasteiger partial charge in [-0.05, 0) is 25.1 Å². The number of rotatable bonds is 5. The van der Waals surface area contributed by atoms with E-state index in [0.29, 0.717) is 29.4 Å². The predicted molar refractivity (Wildman–Crippen MR) is 77.0 cm³/mol. The summed E-state index contributed by atoms with van der Waals surface area (Å²) < 4.78 is 18.6. The van der Waals surface area contributed by atoms with Crippen molar-refractivity contribution in [2.24, 2.45) is 0 Å². The number of hydrogen-bond acceptors (Lipinski definition) is 5. The minimum atomic E-state index is -0.471. The highest BCUT2D eigenvalue weighted by Gasteiger charge is 2.09. The topological polar surface area (TPSA) is 70.8 Å². The number of nitrogens with one attached hydrogen (secondary N) is 1. The third kappa shape index (κ3) is 3.74. The molecule has 0 aliphatic heterocycles. The lowest BCUT2D eigenvalue weighted by atomic mass is 10.1. The maximum absolute atomic E-state index is 13.6. The first kappa shape index (κ1) is 14.9. The van der Waals surface area contributed by atoms with Crippen LogP contribution in [0.2, 0.25) is 0 Å². The highest BCUT2D eigenvalue weighted by atomic mass is 19.1. The number of nitrogens with zero attached hydrogens (tertiary/aromatic N) is 3. The van der Waals surface area contributed by atoms with Crippen LogP contribution in [0.25, 0.3) is 11.3 Å². The first-order valence-electron chi connectivity index (χ1n) is 6.48. The molecule has 1 N–H and O–H groups in total. The maximum Gasteiger partial charge on any atom is 0.157 e. The number of halogens is 1. The van der Waals surface area contributed by atoms with Crippen LogP contribution in [0.1, 0.15) is 18.3 Å². The zero-order valence-electron chi connectivity index (χ0n) is 11.9. The minimum absolute atomic E-state index is 0.252. The van der Waals surface area contributed by atoms with Crippen molar-refractivity contribution in [3.63, 3.8) is 0 Å². The summed E-state index contributed by atoms with van der Waals surface area (Å²) in [5.74, 6) is 0.659. The van der Waals surface area contributed by atoms with Gasteiger partial charge in [-0.25, -0.2) is 14.4 Å². The summed E-state index contributed by atoms with van der Waals surface area (Å²) in [7, 11) is 1.55. The number of ether oxygens (including phenoxy) is 1. The molecule has 0 unspecified atom stereocenters. The van der Waals surface area contributed by atoms with Gasteiger partial charge in [0.05, 0.1) is 17.3 Å². The Morgan fingerprint density at radius 2 is 2.10 bits per heavy atom. The molecule has 0 spiro atoms. The lowest BCUT2D eigenvalue weighted by Crippen LogP contribution is -2.05. The van der Waals surface area contributed by atoms with E-state index >= 15 is 0 Å². The summed E-state index contributed by atoms with van der Waals surface area (Å²) in [5.41, 5.74) is 1.33. The summed E-state index contributed by atoms with van der Waals surface area (Å²) >= 11 is 0. The molecular weight excluding hydrogens is 271 g/mol. The van der Waals surface area contributed by atoms with Gasteiger partial charge in [0.2, 0.25) is 0 Å². The quantitative estimate of drug-likeness (QED) is 0.915. The molecule has 108 valence electrons. The van der Waals surface area contributed by atoms with Crippen LogP contribution in [0, 0.1) is 17.1 Å². The molecule has 2 rings (SSSR count). The second-order valence-electron chi connectivity index (χ2n) is 4.36. The Morgan fingerprint density at radius 3 is 2.76 bits per heavy atom. The van der Waals surface area contributed by atoms with Crippen LogP contribution in [0.5, 0.6) is 0 Å². The Labute approximate surface area is 122 Å². The van der Waals surface area contributed by atoms with Gasteiger partial charge in [-0.3, -0.25) is 0 Å². The first-order valence-corrected chi connectivity index (χ1v) is 6.48. The van der Waals surface area contributed by atoms with Gasteiger partial charge in [-0.2, -0.15) is 5.26 Å². The molecule has 0 aliphatic carbocycles. The summed E-state index contributed by atoms with van der Waals surface area (Å²) in [6.45, 7) is 2.91. The SMILES string of the molecule is CCNc1cc(-c2cc(F)cc(C#N)c2)nc(COC)n1. The molecule has 6 heteroatoms. The molecule has 21 heavy (non-hydrogen) atoms. The lowest BCUT2D eigenvalue weighted by molar-refractivity contribution is 0.178. The molecule has 0 bridgehead atoms. The van der Waals surface area contributed by atoms with Crippen molar-refractivity contribution >= 4 is 5.82 Å². The molecule has 1 aromatic carbocycles. The standard InChI is InChI=1S/C15H15FN4O/c1-3-18-14-7-13(19-15(20-14)9-21-2)11-4-10(8-17)5-12(16)6-11/h4-7H,3,9H2,1-2H3,(H,18,19,20). The number of hydrogen-bond donors (Lipinski definition) is 1. The smallest absolute Gasteiger partial charge is 0.157 e. The van der Waals surface area contributed by atoms with E-state index in [9.17, 15) is 4.39 Å². The summed E-state index contributed by atoms with van der Waals surface area (Å²) in [5, 5.41) is 12.0. The third-order valence-corrected chi connectivity index (χ3v) is 2.73. The fourth-order valence-electron chi connectivity index (χ4n) is 1.91. The van der Waals surface area contributed by atoms with Crippen LogP contribution in [0.3, 0.4) is 0 Å². The van der Waals surface area contributed by atoms with Crippen molar-refractivity contribution in [1.82, 2.24) is 9.97 Å². The van der Waals surface area contributed by atoms with E-state index in [0.717, 1.165) is 0 Å². The molecule has 0 radical (unpaired) electrons. The number of anilines is 1. The van der Waals surface area contributed by atoms with Crippen molar-refractivity contribution < 1.29 is 9.13 Å². The number of methoxy groups -OCH3 is 1. The van der Waals surface area contributed by atoms with Gasteiger partial charge in [0.15, 0.2) is 5.82 Å².